The summed E-state index contributed by atoms with van der Waals surface area (Å²) < 4.78 is 7.14. The number of aliphatic carboxylic acids is 1. The molecule has 1 aliphatic rings. The minimum absolute atomic E-state index is 0.0851. The van der Waals surface area contributed by atoms with Gasteiger partial charge in [-0.05, 0) is 28.7 Å². The minimum Gasteiger partial charge on any atom is -0.481 e. The van der Waals surface area contributed by atoms with Crippen molar-refractivity contribution >= 4 is 23.8 Å². The molecule has 1 aliphatic carbocycles. The number of carbonyl (C=O) groups is 3. The number of ether oxygens (including phenoxy) is 1. The number of nitrogens with zero attached hydrogens (tertiary/aromatic N) is 2. The zero-order valence-electron chi connectivity index (χ0n) is 18.0. The van der Waals surface area contributed by atoms with Crippen LogP contribution in [0.2, 0.25) is 0 Å². The van der Waals surface area contributed by atoms with E-state index in [0.717, 1.165) is 22.3 Å². The summed E-state index contributed by atoms with van der Waals surface area (Å²) in [6.07, 6.45) is 1.95. The van der Waals surface area contributed by atoms with Crippen molar-refractivity contribution in [2.24, 2.45) is 7.05 Å². The first kappa shape index (κ1) is 22.1. The highest BCUT2D eigenvalue weighted by Gasteiger charge is 2.30. The fourth-order valence-corrected chi connectivity index (χ4v) is 4.01. The highest BCUT2D eigenvalue weighted by atomic mass is 16.5. The molecule has 170 valence electrons. The van der Waals surface area contributed by atoms with Gasteiger partial charge in [0, 0.05) is 25.6 Å². The quantitative estimate of drug-likeness (QED) is 0.487. The number of carbonyl (C=O) groups excluding carboxylic acids is 2. The summed E-state index contributed by atoms with van der Waals surface area (Å²) in [7, 11) is 1.75. The van der Waals surface area contributed by atoms with Gasteiger partial charge < -0.3 is 25.0 Å². The number of hydrogen-bond donors (Lipinski definition) is 3. The van der Waals surface area contributed by atoms with E-state index in [4.69, 9.17) is 9.84 Å². The minimum atomic E-state index is -1.08. The maximum Gasteiger partial charge on any atom is 0.407 e. The van der Waals surface area contributed by atoms with E-state index in [9.17, 15) is 14.4 Å². The van der Waals surface area contributed by atoms with Gasteiger partial charge in [-0.25, -0.2) is 9.78 Å². The Balaban J connectivity index is 1.42. The number of amides is 2. The van der Waals surface area contributed by atoms with Crippen molar-refractivity contribution in [3.8, 4) is 11.1 Å². The molecule has 1 unspecified atom stereocenters. The van der Waals surface area contributed by atoms with Crippen molar-refractivity contribution in [2.45, 2.75) is 24.8 Å². The first-order valence-corrected chi connectivity index (χ1v) is 10.5. The third-order valence-corrected chi connectivity index (χ3v) is 5.56. The predicted molar refractivity (Wildman–Crippen MR) is 121 cm³/mol. The molecule has 33 heavy (non-hydrogen) atoms. The van der Waals surface area contributed by atoms with Crippen LogP contribution in [0, 0.1) is 0 Å². The van der Waals surface area contributed by atoms with E-state index in [0.29, 0.717) is 5.82 Å². The summed E-state index contributed by atoms with van der Waals surface area (Å²) in [6.45, 7) is 0.0906. The van der Waals surface area contributed by atoms with Crippen LogP contribution in [0.15, 0.2) is 61.1 Å². The van der Waals surface area contributed by atoms with E-state index in [2.05, 4.69) is 15.6 Å². The average Bonchev–Trinajstić information content (AvgIpc) is 3.35. The molecule has 1 heterocycles. The summed E-state index contributed by atoms with van der Waals surface area (Å²) in [4.78, 5) is 40.2. The van der Waals surface area contributed by atoms with Crippen LogP contribution in [0.5, 0.6) is 0 Å². The topological polar surface area (TPSA) is 123 Å². The SMILES string of the molecule is Cn1cnc(NC(=O)C(CCC(=O)O)NC(=O)OCC2c3ccccc3-c3ccccc32)c1. The Hall–Kier alpha value is -4.14. The van der Waals surface area contributed by atoms with Crippen molar-refractivity contribution < 1.29 is 24.2 Å². The summed E-state index contributed by atoms with van der Waals surface area (Å²) in [5.41, 5.74) is 4.36. The number of aromatic nitrogens is 2. The predicted octanol–water partition coefficient (Wildman–Crippen LogP) is 3.13. The molecule has 0 radical (unpaired) electrons. The van der Waals surface area contributed by atoms with Gasteiger partial charge in [0.15, 0.2) is 5.82 Å². The molecule has 1 aromatic heterocycles. The standard InChI is InChI=1S/C24H24N4O5/c1-28-12-21(25-14-28)27-23(31)20(10-11-22(29)30)26-24(32)33-13-19-17-8-4-2-6-15(17)16-7-3-5-9-18(16)19/h2-9,12,14,19-20H,10-11,13H2,1H3,(H,26,32)(H,27,31)(H,29,30). The van der Waals surface area contributed by atoms with Gasteiger partial charge in [0.1, 0.15) is 12.6 Å². The molecule has 3 N–H and O–H groups in total. The zero-order valence-corrected chi connectivity index (χ0v) is 18.0. The molecule has 1 atom stereocenters. The van der Waals surface area contributed by atoms with Gasteiger partial charge in [0.2, 0.25) is 5.91 Å². The Kier molecular flexibility index (Phi) is 6.39. The highest BCUT2D eigenvalue weighted by molar-refractivity contribution is 5.96. The lowest BCUT2D eigenvalue weighted by atomic mass is 9.98. The molecule has 9 heteroatoms. The molecule has 0 aliphatic heterocycles. The lowest BCUT2D eigenvalue weighted by Gasteiger charge is -2.19. The second-order valence-electron chi connectivity index (χ2n) is 7.87. The number of nitrogens with one attached hydrogen (secondary N) is 2. The number of aryl methyl sites for hydroxylation is 1. The molecule has 0 fully saturated rings. The molecular weight excluding hydrogens is 424 g/mol. The molecule has 0 saturated heterocycles. The lowest BCUT2D eigenvalue weighted by molar-refractivity contribution is -0.137. The Labute approximate surface area is 190 Å². The van der Waals surface area contributed by atoms with Crippen molar-refractivity contribution in [2.75, 3.05) is 11.9 Å². The largest absolute Gasteiger partial charge is 0.481 e. The van der Waals surface area contributed by atoms with Gasteiger partial charge in [-0.1, -0.05) is 48.5 Å². The number of carboxylic acids is 1. The van der Waals surface area contributed by atoms with Crippen LogP contribution in [0.25, 0.3) is 11.1 Å². The summed E-state index contributed by atoms with van der Waals surface area (Å²) >= 11 is 0. The summed E-state index contributed by atoms with van der Waals surface area (Å²) in [5, 5.41) is 14.1. The van der Waals surface area contributed by atoms with Gasteiger partial charge >= 0.3 is 12.1 Å². The molecule has 3 aromatic rings. The maximum absolute atomic E-state index is 12.6. The van der Waals surface area contributed by atoms with Crippen LogP contribution in [0.1, 0.15) is 29.9 Å². The third kappa shape index (κ3) is 5.03. The maximum atomic E-state index is 12.6. The van der Waals surface area contributed by atoms with Gasteiger partial charge in [-0.2, -0.15) is 0 Å². The number of imidazole rings is 1. The highest BCUT2D eigenvalue weighted by Crippen LogP contribution is 2.44. The molecular formula is C24H24N4O5. The van der Waals surface area contributed by atoms with Crippen molar-refractivity contribution in [3.05, 3.63) is 72.2 Å². The van der Waals surface area contributed by atoms with Crippen LogP contribution >= 0.6 is 0 Å². The second kappa shape index (κ2) is 9.56. The molecule has 2 aromatic carbocycles. The normalized spacial score (nSPS) is 13.0. The zero-order chi connectivity index (χ0) is 23.4. The Morgan fingerprint density at radius 1 is 1.09 bits per heavy atom. The van der Waals surface area contributed by atoms with E-state index >= 15 is 0 Å². The number of benzene rings is 2. The monoisotopic (exact) mass is 448 g/mol. The van der Waals surface area contributed by atoms with Crippen LogP contribution < -0.4 is 10.6 Å². The van der Waals surface area contributed by atoms with Crippen molar-refractivity contribution in [3.63, 3.8) is 0 Å². The molecule has 0 saturated carbocycles. The molecule has 9 nitrogen and oxygen atoms in total. The van der Waals surface area contributed by atoms with Crippen molar-refractivity contribution in [1.82, 2.24) is 14.9 Å². The number of alkyl carbamates (subject to hydrolysis) is 1. The second-order valence-corrected chi connectivity index (χ2v) is 7.87. The fourth-order valence-electron chi connectivity index (χ4n) is 4.01. The number of carboxylic acid groups (broad SMARTS) is 1. The molecule has 0 spiro atoms. The van der Waals surface area contributed by atoms with E-state index in [1.165, 1.54) is 6.33 Å². The first-order valence-electron chi connectivity index (χ1n) is 10.5. The smallest absolute Gasteiger partial charge is 0.407 e. The van der Waals surface area contributed by atoms with Crippen LogP contribution in [0.4, 0.5) is 10.6 Å². The van der Waals surface area contributed by atoms with Gasteiger partial charge in [0.05, 0.1) is 6.33 Å². The third-order valence-electron chi connectivity index (χ3n) is 5.56. The number of fused-ring (bicyclic) bond motifs is 3. The van der Waals surface area contributed by atoms with Crippen LogP contribution in [0.3, 0.4) is 0 Å². The van der Waals surface area contributed by atoms with Gasteiger partial charge in [0.25, 0.3) is 0 Å². The number of hydrogen-bond acceptors (Lipinski definition) is 5. The number of anilines is 1. The van der Waals surface area contributed by atoms with Crippen LogP contribution in [-0.4, -0.2) is 45.3 Å². The lowest BCUT2D eigenvalue weighted by Crippen LogP contribution is -2.44. The van der Waals surface area contributed by atoms with Crippen LogP contribution in [-0.2, 0) is 21.4 Å². The Morgan fingerprint density at radius 3 is 2.30 bits per heavy atom. The fraction of sp³-hybridized carbons (Fsp3) is 0.250. The molecule has 4 rings (SSSR count). The van der Waals surface area contributed by atoms with E-state index in [1.807, 2.05) is 48.5 Å². The van der Waals surface area contributed by atoms with E-state index < -0.39 is 24.0 Å². The molecule has 0 bridgehead atoms. The van der Waals surface area contributed by atoms with Crippen molar-refractivity contribution in [1.29, 1.82) is 0 Å². The Morgan fingerprint density at radius 2 is 1.73 bits per heavy atom. The summed E-state index contributed by atoms with van der Waals surface area (Å²) in [6, 6.07) is 14.9. The number of rotatable bonds is 8. The van der Waals surface area contributed by atoms with E-state index in [1.54, 1.807) is 17.8 Å². The van der Waals surface area contributed by atoms with E-state index in [-0.39, 0.29) is 25.4 Å². The Bertz CT molecular complexity index is 1140. The van der Waals surface area contributed by atoms with Gasteiger partial charge in [-0.3, -0.25) is 9.59 Å². The first-order chi connectivity index (χ1) is 15.9. The molecule has 2 amide bonds. The van der Waals surface area contributed by atoms with Gasteiger partial charge in [-0.15, -0.1) is 0 Å². The summed E-state index contributed by atoms with van der Waals surface area (Å²) in [5.74, 6) is -1.46. The average molecular weight is 448 g/mol.